The second-order valence-corrected chi connectivity index (χ2v) is 7.55. The van der Waals surface area contributed by atoms with Crippen LogP contribution in [0.2, 0.25) is 0 Å². The van der Waals surface area contributed by atoms with Crippen LogP contribution >= 0.6 is 0 Å². The summed E-state index contributed by atoms with van der Waals surface area (Å²) in [6.45, 7) is 0.755. The lowest BCUT2D eigenvalue weighted by Crippen LogP contribution is -2.31. The molecule has 0 radical (unpaired) electrons. The minimum Gasteiger partial charge on any atom is -0.507 e. The lowest BCUT2D eigenvalue weighted by molar-refractivity contribution is -0.137. The SMILES string of the molecule is Oc1cc(C(F)(F)F)ccc1-c1nnc(N[C@@H]2CCC[C@H](O)C2)c2c1CCOC2. The Kier molecular flexibility index (Phi) is 5.35. The number of aliphatic hydroxyl groups is 1. The van der Waals surface area contributed by atoms with Gasteiger partial charge in [0, 0.05) is 17.2 Å². The number of hydrogen-bond acceptors (Lipinski definition) is 6. The highest BCUT2D eigenvalue weighted by atomic mass is 19.4. The molecule has 1 aromatic carbocycles. The molecule has 1 saturated carbocycles. The maximum absolute atomic E-state index is 12.9. The first-order valence-corrected chi connectivity index (χ1v) is 9.64. The van der Waals surface area contributed by atoms with Crippen molar-refractivity contribution in [2.45, 2.75) is 57.0 Å². The number of rotatable bonds is 3. The highest BCUT2D eigenvalue weighted by Crippen LogP contribution is 2.39. The van der Waals surface area contributed by atoms with Crippen LogP contribution in [-0.4, -0.2) is 39.2 Å². The molecular formula is C20H22F3N3O3. The molecule has 2 heterocycles. The van der Waals surface area contributed by atoms with E-state index in [0.717, 1.165) is 36.5 Å². The van der Waals surface area contributed by atoms with Crippen molar-refractivity contribution in [1.29, 1.82) is 0 Å². The van der Waals surface area contributed by atoms with Crippen LogP contribution in [0.25, 0.3) is 11.3 Å². The fourth-order valence-electron chi connectivity index (χ4n) is 4.01. The molecule has 156 valence electrons. The van der Waals surface area contributed by atoms with Gasteiger partial charge in [0.2, 0.25) is 0 Å². The number of phenols is 1. The molecular weight excluding hydrogens is 387 g/mol. The Morgan fingerprint density at radius 3 is 2.69 bits per heavy atom. The predicted octanol–water partition coefficient (Wildman–Crippen LogP) is 3.66. The number of phenolic OH excluding ortho intramolecular Hbond substituents is 1. The summed E-state index contributed by atoms with van der Waals surface area (Å²) in [5, 5.41) is 31.9. The van der Waals surface area contributed by atoms with Gasteiger partial charge >= 0.3 is 6.18 Å². The predicted molar refractivity (Wildman–Crippen MR) is 99.4 cm³/mol. The van der Waals surface area contributed by atoms with Crippen LogP contribution in [0.3, 0.4) is 0 Å². The van der Waals surface area contributed by atoms with Gasteiger partial charge in [-0.05, 0) is 55.9 Å². The van der Waals surface area contributed by atoms with Gasteiger partial charge in [0.1, 0.15) is 11.4 Å². The Hall–Kier alpha value is -2.39. The Balaban J connectivity index is 1.69. The number of aromatic hydroxyl groups is 1. The molecule has 0 unspecified atom stereocenters. The van der Waals surface area contributed by atoms with Gasteiger partial charge < -0.3 is 20.3 Å². The average Bonchev–Trinajstić information content (AvgIpc) is 2.68. The van der Waals surface area contributed by atoms with Gasteiger partial charge in [-0.2, -0.15) is 13.2 Å². The molecule has 0 spiro atoms. The highest BCUT2D eigenvalue weighted by Gasteiger charge is 2.32. The standard InChI is InChI=1S/C20H22F3N3O3/c21-20(22,23)11-4-5-15(17(28)8-11)18-14-6-7-29-10-16(14)19(26-25-18)24-12-2-1-3-13(27)9-12/h4-5,8,12-13,27-28H,1-3,6-7,9-10H2,(H,24,26)/t12-,13+/m1/s1. The van der Waals surface area contributed by atoms with Crippen LogP contribution in [0.1, 0.15) is 42.4 Å². The van der Waals surface area contributed by atoms with E-state index in [9.17, 15) is 23.4 Å². The molecule has 2 aromatic rings. The van der Waals surface area contributed by atoms with Gasteiger partial charge in [-0.25, -0.2) is 0 Å². The topological polar surface area (TPSA) is 87.5 Å². The highest BCUT2D eigenvalue weighted by molar-refractivity contribution is 5.73. The Morgan fingerprint density at radius 1 is 1.14 bits per heavy atom. The van der Waals surface area contributed by atoms with Gasteiger partial charge in [-0.15, -0.1) is 10.2 Å². The summed E-state index contributed by atoms with van der Waals surface area (Å²) in [6.07, 6.45) is -1.12. The molecule has 9 heteroatoms. The van der Waals surface area contributed by atoms with Crippen LogP contribution < -0.4 is 5.32 Å². The fourth-order valence-corrected chi connectivity index (χ4v) is 4.01. The first-order valence-electron chi connectivity index (χ1n) is 9.64. The summed E-state index contributed by atoms with van der Waals surface area (Å²) < 4.78 is 44.3. The molecule has 6 nitrogen and oxygen atoms in total. The summed E-state index contributed by atoms with van der Waals surface area (Å²) in [5.74, 6) is 0.0767. The van der Waals surface area contributed by atoms with E-state index in [0.29, 0.717) is 43.6 Å². The summed E-state index contributed by atoms with van der Waals surface area (Å²) >= 11 is 0. The van der Waals surface area contributed by atoms with E-state index < -0.39 is 17.5 Å². The van der Waals surface area contributed by atoms with Gasteiger partial charge in [-0.3, -0.25) is 0 Å². The molecule has 0 amide bonds. The van der Waals surface area contributed by atoms with Gasteiger partial charge in [0.15, 0.2) is 5.82 Å². The molecule has 3 N–H and O–H groups in total. The molecule has 0 bridgehead atoms. The second-order valence-electron chi connectivity index (χ2n) is 7.55. The van der Waals surface area contributed by atoms with Crippen molar-refractivity contribution in [1.82, 2.24) is 10.2 Å². The number of halogens is 3. The number of aliphatic hydroxyl groups excluding tert-OH is 1. The third-order valence-corrected chi connectivity index (χ3v) is 5.50. The number of anilines is 1. The van der Waals surface area contributed by atoms with E-state index in [4.69, 9.17) is 4.74 Å². The minimum atomic E-state index is -4.53. The van der Waals surface area contributed by atoms with E-state index in [1.54, 1.807) is 0 Å². The van der Waals surface area contributed by atoms with Crippen molar-refractivity contribution in [3.63, 3.8) is 0 Å². The molecule has 1 aliphatic carbocycles. The molecule has 0 saturated heterocycles. The zero-order valence-electron chi connectivity index (χ0n) is 15.7. The van der Waals surface area contributed by atoms with Crippen molar-refractivity contribution in [2.75, 3.05) is 11.9 Å². The van der Waals surface area contributed by atoms with Crippen molar-refractivity contribution in [3.8, 4) is 17.0 Å². The third-order valence-electron chi connectivity index (χ3n) is 5.50. The molecule has 29 heavy (non-hydrogen) atoms. The minimum absolute atomic E-state index is 0.0735. The second kappa shape index (κ2) is 7.79. The van der Waals surface area contributed by atoms with E-state index >= 15 is 0 Å². The lowest BCUT2D eigenvalue weighted by Gasteiger charge is -2.29. The van der Waals surface area contributed by atoms with Crippen molar-refractivity contribution in [3.05, 3.63) is 34.9 Å². The van der Waals surface area contributed by atoms with E-state index in [-0.39, 0.29) is 17.7 Å². The number of benzene rings is 1. The number of alkyl halides is 3. The quantitative estimate of drug-likeness (QED) is 0.717. The first kappa shape index (κ1) is 19.9. The Bertz CT molecular complexity index is 905. The summed E-state index contributed by atoms with van der Waals surface area (Å²) in [4.78, 5) is 0. The number of nitrogens with one attached hydrogen (secondary N) is 1. The van der Waals surface area contributed by atoms with Crippen molar-refractivity contribution >= 4 is 5.82 Å². The Morgan fingerprint density at radius 2 is 1.97 bits per heavy atom. The zero-order chi connectivity index (χ0) is 20.6. The molecule has 1 aromatic heterocycles. The third kappa shape index (κ3) is 4.16. The normalized spacial score (nSPS) is 22.2. The van der Waals surface area contributed by atoms with Gasteiger partial charge in [-0.1, -0.05) is 0 Å². The number of fused-ring (bicyclic) bond motifs is 1. The fraction of sp³-hybridized carbons (Fsp3) is 0.500. The first-order chi connectivity index (χ1) is 13.8. The van der Waals surface area contributed by atoms with E-state index in [1.165, 1.54) is 6.07 Å². The van der Waals surface area contributed by atoms with Crippen LogP contribution in [0, 0.1) is 0 Å². The van der Waals surface area contributed by atoms with Crippen LogP contribution in [0.4, 0.5) is 19.0 Å². The average molecular weight is 409 g/mol. The number of nitrogens with zero attached hydrogens (tertiary/aromatic N) is 2. The number of hydrogen-bond donors (Lipinski definition) is 3. The molecule has 2 atom stereocenters. The maximum atomic E-state index is 12.9. The smallest absolute Gasteiger partial charge is 0.416 e. The molecule has 1 aliphatic heterocycles. The van der Waals surface area contributed by atoms with E-state index in [1.807, 2.05) is 0 Å². The summed E-state index contributed by atoms with van der Waals surface area (Å²) in [5.41, 5.74) is 1.26. The van der Waals surface area contributed by atoms with Crippen LogP contribution in [0.5, 0.6) is 5.75 Å². The zero-order valence-corrected chi connectivity index (χ0v) is 15.7. The monoisotopic (exact) mass is 409 g/mol. The lowest BCUT2D eigenvalue weighted by atomic mass is 9.92. The van der Waals surface area contributed by atoms with Gasteiger partial charge in [0.05, 0.1) is 24.9 Å². The van der Waals surface area contributed by atoms with Crippen molar-refractivity contribution < 1.29 is 28.1 Å². The van der Waals surface area contributed by atoms with Gasteiger partial charge in [0.25, 0.3) is 0 Å². The number of aromatic nitrogens is 2. The maximum Gasteiger partial charge on any atom is 0.416 e. The molecule has 1 fully saturated rings. The Labute approximate surface area is 165 Å². The van der Waals surface area contributed by atoms with Crippen molar-refractivity contribution in [2.24, 2.45) is 0 Å². The molecule has 4 rings (SSSR count). The van der Waals surface area contributed by atoms with E-state index in [2.05, 4.69) is 15.5 Å². The van der Waals surface area contributed by atoms with Crippen LogP contribution in [-0.2, 0) is 23.9 Å². The molecule has 2 aliphatic rings. The van der Waals surface area contributed by atoms with Crippen LogP contribution in [0.15, 0.2) is 18.2 Å². The number of ether oxygens (including phenoxy) is 1. The summed E-state index contributed by atoms with van der Waals surface area (Å²) in [7, 11) is 0. The largest absolute Gasteiger partial charge is 0.507 e. The summed E-state index contributed by atoms with van der Waals surface area (Å²) in [6, 6.07) is 2.93.